The monoisotopic (exact) mass is 348 g/mol. The zero-order valence-corrected chi connectivity index (χ0v) is 13.5. The summed E-state index contributed by atoms with van der Waals surface area (Å²) in [6, 6.07) is 12.0. The van der Waals surface area contributed by atoms with E-state index in [0.29, 0.717) is 4.77 Å². The van der Waals surface area contributed by atoms with E-state index in [0.717, 1.165) is 26.9 Å². The van der Waals surface area contributed by atoms with Crippen molar-refractivity contribution < 1.29 is 4.74 Å². The number of rotatable bonds is 2. The molecule has 1 N–H and O–H groups in total. The Hall–Kier alpha value is -1.59. The van der Waals surface area contributed by atoms with Crippen molar-refractivity contribution in [2.75, 3.05) is 7.11 Å². The van der Waals surface area contributed by atoms with Crippen molar-refractivity contribution >= 4 is 39.2 Å². The Morgan fingerprint density at radius 3 is 2.80 bits per heavy atom. The third-order valence-corrected chi connectivity index (χ3v) is 4.62. The largest absolute Gasteiger partial charge is 0.497 e. The van der Waals surface area contributed by atoms with Gasteiger partial charge in [-0.25, -0.2) is 0 Å². The van der Waals surface area contributed by atoms with Crippen molar-refractivity contribution in [1.82, 2.24) is 9.55 Å². The molecule has 2 aromatic carbocycles. The van der Waals surface area contributed by atoms with Crippen molar-refractivity contribution in [3.8, 4) is 11.4 Å². The quantitative estimate of drug-likeness (QED) is 0.676. The third-order valence-electron chi connectivity index (χ3n) is 3.30. The molecule has 0 fully saturated rings. The molecular formula is C15H13BrN2OS. The molecule has 0 saturated carbocycles. The Balaban J connectivity index is 2.38. The lowest BCUT2D eigenvalue weighted by atomic mass is 10.2. The highest BCUT2D eigenvalue weighted by Gasteiger charge is 2.11. The first-order valence-electron chi connectivity index (χ1n) is 6.16. The number of aromatic amines is 1. The average Bonchev–Trinajstić information content (AvgIpc) is 2.77. The van der Waals surface area contributed by atoms with E-state index in [9.17, 15) is 0 Å². The van der Waals surface area contributed by atoms with Crippen LogP contribution in [0.2, 0.25) is 0 Å². The molecule has 3 rings (SSSR count). The molecule has 3 aromatic rings. The molecule has 0 aliphatic heterocycles. The fourth-order valence-electron chi connectivity index (χ4n) is 2.25. The number of aryl methyl sites for hydroxylation is 1. The van der Waals surface area contributed by atoms with Crippen LogP contribution in [0.4, 0.5) is 0 Å². The lowest BCUT2D eigenvalue weighted by Gasteiger charge is -2.10. The Morgan fingerprint density at radius 1 is 1.25 bits per heavy atom. The van der Waals surface area contributed by atoms with E-state index >= 15 is 0 Å². The van der Waals surface area contributed by atoms with Gasteiger partial charge in [-0.05, 0) is 58.8 Å². The van der Waals surface area contributed by atoms with Crippen molar-refractivity contribution in [3.05, 3.63) is 51.2 Å². The van der Waals surface area contributed by atoms with Crippen LogP contribution in [0.25, 0.3) is 16.7 Å². The number of hydrogen-bond acceptors (Lipinski definition) is 2. The number of H-pyrrole nitrogens is 1. The predicted octanol–water partition coefficient (Wildman–Crippen LogP) is 4.77. The first-order valence-corrected chi connectivity index (χ1v) is 7.36. The van der Waals surface area contributed by atoms with E-state index < -0.39 is 0 Å². The number of nitrogens with one attached hydrogen (secondary N) is 1. The van der Waals surface area contributed by atoms with Gasteiger partial charge in [0, 0.05) is 10.5 Å². The van der Waals surface area contributed by atoms with E-state index in [1.807, 2.05) is 34.9 Å². The van der Waals surface area contributed by atoms with Gasteiger partial charge in [0.05, 0.1) is 23.8 Å². The molecule has 0 spiro atoms. The Bertz CT molecular complexity index is 851. The van der Waals surface area contributed by atoms with E-state index in [-0.39, 0.29) is 0 Å². The summed E-state index contributed by atoms with van der Waals surface area (Å²) in [6.45, 7) is 2.06. The number of fused-ring (bicyclic) bond motifs is 1. The Kier molecular flexibility index (Phi) is 3.40. The number of aromatic nitrogens is 2. The molecule has 1 aromatic heterocycles. The number of nitrogens with zero attached hydrogens (tertiary/aromatic N) is 1. The fraction of sp³-hybridized carbons (Fsp3) is 0.133. The normalized spacial score (nSPS) is 10.9. The molecule has 0 atom stereocenters. The second kappa shape index (κ2) is 5.07. The van der Waals surface area contributed by atoms with Gasteiger partial charge in [-0.2, -0.15) is 0 Å². The van der Waals surface area contributed by atoms with Crippen molar-refractivity contribution in [3.63, 3.8) is 0 Å². The van der Waals surface area contributed by atoms with Gasteiger partial charge in [-0.15, -0.1) is 0 Å². The lowest BCUT2D eigenvalue weighted by molar-refractivity contribution is 0.415. The van der Waals surface area contributed by atoms with Crippen LogP contribution >= 0.6 is 28.1 Å². The van der Waals surface area contributed by atoms with Crippen LogP contribution in [-0.2, 0) is 0 Å². The van der Waals surface area contributed by atoms with E-state index in [4.69, 9.17) is 17.0 Å². The van der Waals surface area contributed by atoms with Crippen LogP contribution in [0.5, 0.6) is 5.75 Å². The van der Waals surface area contributed by atoms with Gasteiger partial charge >= 0.3 is 0 Å². The maximum atomic E-state index is 5.46. The van der Waals surface area contributed by atoms with Gasteiger partial charge in [0.2, 0.25) is 0 Å². The molecule has 0 saturated heterocycles. The molecule has 1 heterocycles. The van der Waals surface area contributed by atoms with Crippen LogP contribution in [0.3, 0.4) is 0 Å². The van der Waals surface area contributed by atoms with Gasteiger partial charge in [0.25, 0.3) is 0 Å². The zero-order chi connectivity index (χ0) is 14.3. The van der Waals surface area contributed by atoms with Crippen molar-refractivity contribution in [2.45, 2.75) is 6.92 Å². The SMILES string of the molecule is COc1ccc2[nH]c(=S)n(-c3cccc(C)c3Br)c2c1. The van der Waals surface area contributed by atoms with Gasteiger partial charge in [0.15, 0.2) is 4.77 Å². The molecule has 0 bridgehead atoms. The predicted molar refractivity (Wildman–Crippen MR) is 87.4 cm³/mol. The lowest BCUT2D eigenvalue weighted by Crippen LogP contribution is -1.96. The van der Waals surface area contributed by atoms with Crippen molar-refractivity contribution in [1.29, 1.82) is 0 Å². The maximum absolute atomic E-state index is 5.46. The second-order valence-corrected chi connectivity index (χ2v) is 5.74. The van der Waals surface area contributed by atoms with Crippen LogP contribution in [0.1, 0.15) is 5.56 Å². The first-order chi connectivity index (χ1) is 9.61. The molecule has 0 unspecified atom stereocenters. The molecule has 102 valence electrons. The molecular weight excluding hydrogens is 336 g/mol. The van der Waals surface area contributed by atoms with Crippen LogP contribution < -0.4 is 4.74 Å². The minimum atomic E-state index is 0.666. The van der Waals surface area contributed by atoms with Gasteiger partial charge in [-0.1, -0.05) is 12.1 Å². The summed E-state index contributed by atoms with van der Waals surface area (Å²) in [4.78, 5) is 3.22. The minimum absolute atomic E-state index is 0.666. The highest BCUT2D eigenvalue weighted by Crippen LogP contribution is 2.29. The highest BCUT2D eigenvalue weighted by molar-refractivity contribution is 9.10. The molecule has 0 amide bonds. The summed E-state index contributed by atoms with van der Waals surface area (Å²) in [5, 5.41) is 0. The van der Waals surface area contributed by atoms with Crippen LogP contribution in [-0.4, -0.2) is 16.7 Å². The summed E-state index contributed by atoms with van der Waals surface area (Å²) < 4.78 is 9.03. The Labute approximate surface area is 130 Å². The number of halogens is 1. The van der Waals surface area contributed by atoms with E-state index in [2.05, 4.69) is 33.9 Å². The number of hydrogen-bond donors (Lipinski definition) is 1. The summed E-state index contributed by atoms with van der Waals surface area (Å²) in [6.07, 6.45) is 0. The third kappa shape index (κ3) is 2.07. The smallest absolute Gasteiger partial charge is 0.182 e. The minimum Gasteiger partial charge on any atom is -0.497 e. The summed E-state index contributed by atoms with van der Waals surface area (Å²) in [5.74, 6) is 0.809. The number of imidazole rings is 1. The van der Waals surface area contributed by atoms with E-state index in [1.54, 1.807) is 7.11 Å². The average molecular weight is 349 g/mol. The molecule has 0 radical (unpaired) electrons. The topological polar surface area (TPSA) is 29.9 Å². The fourth-order valence-corrected chi connectivity index (χ4v) is 3.00. The molecule has 20 heavy (non-hydrogen) atoms. The molecule has 0 aliphatic rings. The summed E-state index contributed by atoms with van der Waals surface area (Å²) in [7, 11) is 1.66. The number of benzene rings is 2. The van der Waals surface area contributed by atoms with Gasteiger partial charge in [-0.3, -0.25) is 4.57 Å². The molecule has 0 aliphatic carbocycles. The molecule has 5 heteroatoms. The van der Waals surface area contributed by atoms with Gasteiger partial charge < -0.3 is 9.72 Å². The number of methoxy groups -OCH3 is 1. The van der Waals surface area contributed by atoms with Crippen LogP contribution in [0, 0.1) is 11.7 Å². The Morgan fingerprint density at radius 2 is 2.05 bits per heavy atom. The van der Waals surface area contributed by atoms with Crippen LogP contribution in [0.15, 0.2) is 40.9 Å². The van der Waals surface area contributed by atoms with E-state index in [1.165, 1.54) is 5.56 Å². The molecule has 3 nitrogen and oxygen atoms in total. The summed E-state index contributed by atoms with van der Waals surface area (Å²) >= 11 is 9.11. The first kappa shape index (κ1) is 13.4. The maximum Gasteiger partial charge on any atom is 0.182 e. The van der Waals surface area contributed by atoms with Crippen molar-refractivity contribution in [2.24, 2.45) is 0 Å². The standard InChI is InChI=1S/C15H13BrN2OS/c1-9-4-3-5-12(14(9)16)18-13-8-10(19-2)6-7-11(13)17-15(18)20/h3-8H,1-2H3,(H,17,20). The van der Waals surface area contributed by atoms with Gasteiger partial charge in [0.1, 0.15) is 5.75 Å². The highest BCUT2D eigenvalue weighted by atomic mass is 79.9. The summed E-state index contributed by atoms with van der Waals surface area (Å²) in [5.41, 5.74) is 4.18. The zero-order valence-electron chi connectivity index (χ0n) is 11.1. The second-order valence-electron chi connectivity index (χ2n) is 4.56. The number of ether oxygens (including phenoxy) is 1.